The van der Waals surface area contributed by atoms with Crippen LogP contribution in [0, 0.1) is 11.3 Å². The number of nitriles is 1. The van der Waals surface area contributed by atoms with Gasteiger partial charge >= 0.3 is 5.51 Å². The third kappa shape index (κ3) is 4.45. The second-order valence-corrected chi connectivity index (χ2v) is 7.08. The van der Waals surface area contributed by atoms with Gasteiger partial charge in [-0.3, -0.25) is 0 Å². The molecule has 10 heteroatoms. The van der Waals surface area contributed by atoms with Crippen molar-refractivity contribution in [1.29, 1.82) is 5.26 Å². The van der Waals surface area contributed by atoms with Crippen molar-refractivity contribution in [3.8, 4) is 6.07 Å². The Morgan fingerprint density at radius 1 is 1.37 bits per heavy atom. The molecule has 19 heavy (non-hydrogen) atoms. The van der Waals surface area contributed by atoms with Gasteiger partial charge in [-0.1, -0.05) is 0 Å². The van der Waals surface area contributed by atoms with Gasteiger partial charge in [0, 0.05) is 21.5 Å². The Kier molecular flexibility index (Phi) is 5.01. The number of hydrogen-bond acceptors (Lipinski definition) is 4. The number of halogens is 5. The molecular formula is C9H4Cl2F3NO2S2. The number of rotatable bonds is 3. The van der Waals surface area contributed by atoms with Crippen LogP contribution >= 0.6 is 34.0 Å². The zero-order valence-electron chi connectivity index (χ0n) is 8.83. The molecule has 3 nitrogen and oxygen atoms in total. The van der Waals surface area contributed by atoms with E-state index in [1.54, 1.807) is 0 Å². The SMILES string of the molecule is N#Cc1cc(CCl)cc(SC(F)(F)F)c1S(=O)(=O)Cl. The summed E-state index contributed by atoms with van der Waals surface area (Å²) in [4.78, 5) is -1.52. The van der Waals surface area contributed by atoms with Crippen LogP contribution in [0.1, 0.15) is 11.1 Å². The molecule has 0 spiro atoms. The van der Waals surface area contributed by atoms with Crippen molar-refractivity contribution in [2.75, 3.05) is 0 Å². The molecule has 0 aliphatic carbocycles. The summed E-state index contributed by atoms with van der Waals surface area (Å²) in [5.41, 5.74) is -5.00. The third-order valence-electron chi connectivity index (χ3n) is 1.86. The first-order chi connectivity index (χ1) is 8.58. The minimum absolute atomic E-state index is 0.164. The van der Waals surface area contributed by atoms with Crippen LogP contribution < -0.4 is 0 Å². The minimum atomic E-state index is -4.71. The van der Waals surface area contributed by atoms with Gasteiger partial charge < -0.3 is 0 Å². The van der Waals surface area contributed by atoms with E-state index in [9.17, 15) is 21.6 Å². The zero-order chi connectivity index (χ0) is 14.8. The molecule has 0 atom stereocenters. The molecule has 0 unspecified atom stereocenters. The lowest BCUT2D eigenvalue weighted by Crippen LogP contribution is -2.05. The van der Waals surface area contributed by atoms with Crippen LogP contribution in [0.15, 0.2) is 21.9 Å². The summed E-state index contributed by atoms with van der Waals surface area (Å²) in [6, 6.07) is 3.53. The van der Waals surface area contributed by atoms with E-state index in [4.69, 9.17) is 27.5 Å². The number of thioether (sulfide) groups is 1. The van der Waals surface area contributed by atoms with E-state index in [0.29, 0.717) is 0 Å². The monoisotopic (exact) mass is 349 g/mol. The Bertz CT molecular complexity index is 638. The van der Waals surface area contributed by atoms with Gasteiger partial charge in [0.05, 0.1) is 5.56 Å². The van der Waals surface area contributed by atoms with Crippen molar-refractivity contribution < 1.29 is 21.6 Å². The van der Waals surface area contributed by atoms with Crippen molar-refractivity contribution in [2.24, 2.45) is 0 Å². The van der Waals surface area contributed by atoms with E-state index in [1.807, 2.05) is 0 Å². The lowest BCUT2D eigenvalue weighted by Gasteiger charge is -2.12. The van der Waals surface area contributed by atoms with Crippen molar-refractivity contribution in [2.45, 2.75) is 21.2 Å². The molecular weight excluding hydrogens is 346 g/mol. The summed E-state index contributed by atoms with van der Waals surface area (Å²) in [6.07, 6.45) is 0. The van der Waals surface area contributed by atoms with Crippen LogP contribution in [-0.2, 0) is 14.9 Å². The topological polar surface area (TPSA) is 57.9 Å². The van der Waals surface area contributed by atoms with E-state index >= 15 is 0 Å². The number of alkyl halides is 4. The fourth-order valence-electron chi connectivity index (χ4n) is 1.27. The average Bonchev–Trinajstić information content (AvgIpc) is 2.23. The third-order valence-corrected chi connectivity index (χ3v) is 4.46. The maximum absolute atomic E-state index is 12.4. The smallest absolute Gasteiger partial charge is 0.207 e. The summed E-state index contributed by atoms with van der Waals surface area (Å²) < 4.78 is 59.8. The van der Waals surface area contributed by atoms with Crippen molar-refractivity contribution in [1.82, 2.24) is 0 Å². The zero-order valence-corrected chi connectivity index (χ0v) is 12.0. The summed E-state index contributed by atoms with van der Waals surface area (Å²) >= 11 is 4.82. The van der Waals surface area contributed by atoms with Crippen LogP contribution in [0.3, 0.4) is 0 Å². The first-order valence-electron chi connectivity index (χ1n) is 4.42. The molecule has 0 bridgehead atoms. The van der Waals surface area contributed by atoms with Crippen LogP contribution in [0.25, 0.3) is 0 Å². The van der Waals surface area contributed by atoms with E-state index in [1.165, 1.54) is 6.07 Å². The van der Waals surface area contributed by atoms with Gasteiger partial charge in [0.2, 0.25) is 0 Å². The molecule has 0 saturated carbocycles. The van der Waals surface area contributed by atoms with Crippen LogP contribution in [0.4, 0.5) is 13.2 Å². The van der Waals surface area contributed by atoms with E-state index in [-0.39, 0.29) is 11.4 Å². The lowest BCUT2D eigenvalue weighted by atomic mass is 10.1. The Morgan fingerprint density at radius 3 is 2.32 bits per heavy atom. The second-order valence-electron chi connectivity index (χ2n) is 3.20. The molecule has 0 aromatic heterocycles. The van der Waals surface area contributed by atoms with Gasteiger partial charge in [-0.15, -0.1) is 11.6 Å². The van der Waals surface area contributed by atoms with Gasteiger partial charge in [-0.25, -0.2) is 8.42 Å². The van der Waals surface area contributed by atoms with Gasteiger partial charge in [-0.2, -0.15) is 18.4 Å². The highest BCUT2D eigenvalue weighted by molar-refractivity contribution is 8.14. The first-order valence-corrected chi connectivity index (χ1v) is 8.08. The summed E-state index contributed by atoms with van der Waals surface area (Å²) in [7, 11) is 0.592. The highest BCUT2D eigenvalue weighted by Gasteiger charge is 2.34. The number of benzene rings is 1. The summed E-state index contributed by atoms with van der Waals surface area (Å²) in [5, 5.41) is 8.82. The standard InChI is InChI=1S/C9H4Cl2F3NO2S2/c10-3-5-1-6(4-15)8(19(11,16)17)7(2-5)18-9(12,13)14/h1-2H,3H2. The fraction of sp³-hybridized carbons (Fsp3) is 0.222. The lowest BCUT2D eigenvalue weighted by molar-refractivity contribution is -0.0328. The van der Waals surface area contributed by atoms with Crippen molar-refractivity contribution in [3.63, 3.8) is 0 Å². The summed E-state index contributed by atoms with van der Waals surface area (Å²) in [6.45, 7) is 0. The number of nitrogens with zero attached hydrogens (tertiary/aromatic N) is 1. The first kappa shape index (κ1) is 16.4. The maximum atomic E-state index is 12.4. The van der Waals surface area contributed by atoms with Gasteiger partial charge in [0.25, 0.3) is 9.05 Å². The normalized spacial score (nSPS) is 12.2. The van der Waals surface area contributed by atoms with Gasteiger partial charge in [0.1, 0.15) is 11.0 Å². The molecule has 0 N–H and O–H groups in total. The van der Waals surface area contributed by atoms with E-state index < -0.39 is 41.7 Å². The largest absolute Gasteiger partial charge is 0.446 e. The van der Waals surface area contributed by atoms with Crippen LogP contribution in [0.2, 0.25) is 0 Å². The highest BCUT2D eigenvalue weighted by Crippen LogP contribution is 2.42. The predicted octanol–water partition coefficient (Wildman–Crippen LogP) is 3.84. The molecule has 0 heterocycles. The van der Waals surface area contributed by atoms with E-state index in [0.717, 1.165) is 12.1 Å². The molecule has 0 aliphatic rings. The highest BCUT2D eigenvalue weighted by atomic mass is 35.7. The minimum Gasteiger partial charge on any atom is -0.207 e. The van der Waals surface area contributed by atoms with E-state index in [2.05, 4.69) is 0 Å². The molecule has 0 amide bonds. The average molecular weight is 350 g/mol. The Morgan fingerprint density at radius 2 is 1.95 bits per heavy atom. The molecule has 1 rings (SSSR count). The fourth-order valence-corrected chi connectivity index (χ4v) is 3.84. The van der Waals surface area contributed by atoms with Crippen molar-refractivity contribution >= 4 is 43.1 Å². The van der Waals surface area contributed by atoms with Gasteiger partial charge in [0.15, 0.2) is 0 Å². The molecule has 0 saturated heterocycles. The van der Waals surface area contributed by atoms with Crippen LogP contribution in [0.5, 0.6) is 0 Å². The molecule has 1 aromatic carbocycles. The second kappa shape index (κ2) is 5.79. The predicted molar refractivity (Wildman–Crippen MR) is 65.7 cm³/mol. The number of hydrogen-bond donors (Lipinski definition) is 0. The Balaban J connectivity index is 3.62. The van der Waals surface area contributed by atoms with Crippen molar-refractivity contribution in [3.05, 3.63) is 23.3 Å². The molecule has 104 valence electrons. The molecule has 0 aliphatic heterocycles. The maximum Gasteiger partial charge on any atom is 0.446 e. The Hall–Kier alpha value is -0.620. The molecule has 1 aromatic rings. The molecule has 0 fully saturated rings. The van der Waals surface area contributed by atoms with Crippen LogP contribution in [-0.4, -0.2) is 13.9 Å². The molecule has 0 radical (unpaired) electrons. The van der Waals surface area contributed by atoms with Gasteiger partial charge in [-0.05, 0) is 29.5 Å². The Labute approximate surface area is 120 Å². The summed E-state index contributed by atoms with van der Waals surface area (Å²) in [5.74, 6) is -0.164. The quantitative estimate of drug-likeness (QED) is 0.472.